The van der Waals surface area contributed by atoms with Crippen LogP contribution >= 0.6 is 0 Å². The number of amides is 1. The van der Waals surface area contributed by atoms with E-state index in [0.29, 0.717) is 40.9 Å². The van der Waals surface area contributed by atoms with E-state index in [-0.39, 0.29) is 12.5 Å². The third kappa shape index (κ3) is 4.56. The number of hydrogen-bond acceptors (Lipinski definition) is 6. The summed E-state index contributed by atoms with van der Waals surface area (Å²) in [5.74, 6) is -0.557. The third-order valence-electron chi connectivity index (χ3n) is 5.82. The zero-order valence-corrected chi connectivity index (χ0v) is 17.8. The molecule has 1 amide bonds. The van der Waals surface area contributed by atoms with Crippen molar-refractivity contribution in [2.24, 2.45) is 0 Å². The van der Waals surface area contributed by atoms with E-state index < -0.39 is 17.7 Å². The van der Waals surface area contributed by atoms with Gasteiger partial charge in [0.2, 0.25) is 5.60 Å². The van der Waals surface area contributed by atoms with E-state index in [1.165, 1.54) is 6.26 Å². The van der Waals surface area contributed by atoms with Gasteiger partial charge in [-0.3, -0.25) is 4.79 Å². The highest BCUT2D eigenvalue weighted by atomic mass is 16.6. The number of nitrogens with one attached hydrogen (secondary N) is 1. The zero-order chi connectivity index (χ0) is 22.6. The minimum Gasteiger partial charge on any atom is -0.453 e. The SMILES string of the molecule is C[N+]1(CC(=O)Nc2ccon2)CC[C@@H](OC(=O)C(O)(c2ccccc2)c2ccccc2)C1. The highest BCUT2D eigenvalue weighted by Gasteiger charge is 2.45. The van der Waals surface area contributed by atoms with E-state index in [2.05, 4.69) is 10.5 Å². The number of carbonyl (C=O) groups is 2. The first-order valence-electron chi connectivity index (χ1n) is 10.5. The lowest BCUT2D eigenvalue weighted by atomic mass is 9.86. The van der Waals surface area contributed by atoms with E-state index in [9.17, 15) is 14.7 Å². The van der Waals surface area contributed by atoms with Crippen molar-refractivity contribution >= 4 is 17.7 Å². The molecule has 2 N–H and O–H groups in total. The molecule has 2 heterocycles. The van der Waals surface area contributed by atoms with E-state index in [1.807, 2.05) is 19.2 Å². The van der Waals surface area contributed by atoms with Crippen LogP contribution in [0.4, 0.5) is 5.82 Å². The van der Waals surface area contributed by atoms with Gasteiger partial charge in [-0.1, -0.05) is 65.8 Å². The molecule has 8 heteroatoms. The summed E-state index contributed by atoms with van der Waals surface area (Å²) in [7, 11) is 1.94. The molecular formula is C24H26N3O5+. The van der Waals surface area contributed by atoms with Crippen molar-refractivity contribution in [2.45, 2.75) is 18.1 Å². The molecule has 1 unspecified atom stereocenters. The zero-order valence-electron chi connectivity index (χ0n) is 17.8. The molecule has 8 nitrogen and oxygen atoms in total. The molecular weight excluding hydrogens is 410 g/mol. The van der Waals surface area contributed by atoms with Crippen molar-refractivity contribution in [3.63, 3.8) is 0 Å². The van der Waals surface area contributed by atoms with Crippen LogP contribution in [0.1, 0.15) is 17.5 Å². The van der Waals surface area contributed by atoms with Gasteiger partial charge in [0.15, 0.2) is 18.5 Å². The summed E-state index contributed by atoms with van der Waals surface area (Å²) < 4.78 is 10.9. The molecule has 3 aromatic rings. The minimum absolute atomic E-state index is 0.196. The number of carbonyl (C=O) groups excluding carboxylic acids is 2. The summed E-state index contributed by atoms with van der Waals surface area (Å²) >= 11 is 0. The number of aromatic nitrogens is 1. The summed E-state index contributed by atoms with van der Waals surface area (Å²) in [6.45, 7) is 1.35. The number of ether oxygens (including phenoxy) is 1. The topological polar surface area (TPSA) is 102 Å². The average Bonchev–Trinajstić information content (AvgIpc) is 3.43. The number of benzene rings is 2. The van der Waals surface area contributed by atoms with Gasteiger partial charge < -0.3 is 24.2 Å². The summed E-state index contributed by atoms with van der Waals surface area (Å²) in [5.41, 5.74) is -1.03. The lowest BCUT2D eigenvalue weighted by molar-refractivity contribution is -0.890. The Morgan fingerprint density at radius 3 is 2.31 bits per heavy atom. The second-order valence-corrected chi connectivity index (χ2v) is 8.38. The van der Waals surface area contributed by atoms with Crippen LogP contribution in [0.15, 0.2) is 77.5 Å². The predicted molar refractivity (Wildman–Crippen MR) is 116 cm³/mol. The molecule has 166 valence electrons. The van der Waals surface area contributed by atoms with Crippen molar-refractivity contribution < 1.29 is 28.4 Å². The Morgan fingerprint density at radius 2 is 1.75 bits per heavy atom. The molecule has 4 rings (SSSR count). The molecule has 0 radical (unpaired) electrons. The van der Waals surface area contributed by atoms with Gasteiger partial charge in [-0.05, 0) is 11.1 Å². The first-order valence-corrected chi connectivity index (χ1v) is 10.5. The number of nitrogens with zero attached hydrogens (tertiary/aromatic N) is 2. The Labute approximate surface area is 186 Å². The van der Waals surface area contributed by atoms with E-state index in [4.69, 9.17) is 9.26 Å². The Balaban J connectivity index is 1.46. The smallest absolute Gasteiger partial charge is 0.348 e. The van der Waals surface area contributed by atoms with Gasteiger partial charge in [-0.2, -0.15) is 0 Å². The lowest BCUT2D eigenvalue weighted by Gasteiger charge is -2.30. The number of rotatable bonds is 7. The van der Waals surface area contributed by atoms with Crippen molar-refractivity contribution in [1.82, 2.24) is 5.16 Å². The summed E-state index contributed by atoms with van der Waals surface area (Å²) in [6, 6.07) is 19.1. The number of likely N-dealkylation sites (N-methyl/N-ethyl adjacent to an activating group) is 1. The fourth-order valence-electron chi connectivity index (χ4n) is 4.17. The normalized spacial score (nSPS) is 20.6. The Kier molecular flexibility index (Phi) is 6.07. The molecule has 32 heavy (non-hydrogen) atoms. The van der Waals surface area contributed by atoms with Crippen molar-refractivity contribution in [3.8, 4) is 0 Å². The first-order chi connectivity index (χ1) is 15.4. The van der Waals surface area contributed by atoms with Gasteiger partial charge in [0, 0.05) is 12.5 Å². The van der Waals surface area contributed by atoms with Crippen molar-refractivity contribution in [2.75, 3.05) is 32.0 Å². The van der Waals surface area contributed by atoms with Crippen LogP contribution in [0.3, 0.4) is 0 Å². The van der Waals surface area contributed by atoms with Crippen molar-refractivity contribution in [3.05, 3.63) is 84.1 Å². The number of likely N-dealkylation sites (tertiary alicyclic amines) is 1. The number of anilines is 1. The summed E-state index contributed by atoms with van der Waals surface area (Å²) in [6.07, 6.45) is 1.57. The summed E-state index contributed by atoms with van der Waals surface area (Å²) in [5, 5.41) is 17.9. The second kappa shape index (κ2) is 8.94. The Bertz CT molecular complexity index is 1020. The highest BCUT2D eigenvalue weighted by molar-refractivity contribution is 5.90. The van der Waals surface area contributed by atoms with Crippen LogP contribution in [0, 0.1) is 0 Å². The molecule has 0 aliphatic carbocycles. The number of quaternary nitrogens is 1. The highest BCUT2D eigenvalue weighted by Crippen LogP contribution is 2.32. The van der Waals surface area contributed by atoms with E-state index in [1.54, 1.807) is 54.6 Å². The molecule has 1 aliphatic heterocycles. The monoisotopic (exact) mass is 436 g/mol. The van der Waals surface area contributed by atoms with Crippen LogP contribution < -0.4 is 5.32 Å². The molecule has 1 saturated heterocycles. The molecule has 0 spiro atoms. The van der Waals surface area contributed by atoms with Gasteiger partial charge in [0.1, 0.15) is 12.8 Å². The quantitative estimate of drug-likeness (QED) is 0.435. The number of esters is 1. The van der Waals surface area contributed by atoms with Crippen LogP contribution in [0.2, 0.25) is 0 Å². The fraction of sp³-hybridized carbons (Fsp3) is 0.292. The molecule has 1 aliphatic rings. The minimum atomic E-state index is -1.92. The fourth-order valence-corrected chi connectivity index (χ4v) is 4.17. The third-order valence-corrected chi connectivity index (χ3v) is 5.82. The van der Waals surface area contributed by atoms with Gasteiger partial charge in [0.25, 0.3) is 5.91 Å². The number of aliphatic hydroxyl groups is 1. The molecule has 0 bridgehead atoms. The largest absolute Gasteiger partial charge is 0.453 e. The number of hydrogen-bond donors (Lipinski definition) is 2. The van der Waals surface area contributed by atoms with Crippen LogP contribution in [0.5, 0.6) is 0 Å². The van der Waals surface area contributed by atoms with Gasteiger partial charge in [0.05, 0.1) is 13.6 Å². The predicted octanol–water partition coefficient (Wildman–Crippen LogP) is 2.31. The molecule has 2 atom stereocenters. The molecule has 2 aromatic carbocycles. The average molecular weight is 436 g/mol. The maximum absolute atomic E-state index is 13.3. The van der Waals surface area contributed by atoms with Crippen LogP contribution in [-0.4, -0.2) is 59.4 Å². The lowest BCUT2D eigenvalue weighted by Crippen LogP contribution is -2.48. The molecule has 0 saturated carbocycles. The van der Waals surface area contributed by atoms with Gasteiger partial charge in [-0.25, -0.2) is 4.79 Å². The summed E-state index contributed by atoms with van der Waals surface area (Å²) in [4.78, 5) is 25.7. The first kappa shape index (κ1) is 21.7. The molecule has 1 aromatic heterocycles. The van der Waals surface area contributed by atoms with E-state index in [0.717, 1.165) is 0 Å². The molecule has 1 fully saturated rings. The van der Waals surface area contributed by atoms with Crippen molar-refractivity contribution in [1.29, 1.82) is 0 Å². The maximum atomic E-state index is 13.3. The van der Waals surface area contributed by atoms with E-state index >= 15 is 0 Å². The Hall–Kier alpha value is -3.49. The van der Waals surface area contributed by atoms with Gasteiger partial charge >= 0.3 is 5.97 Å². The maximum Gasteiger partial charge on any atom is 0.348 e. The van der Waals surface area contributed by atoms with Crippen LogP contribution in [-0.2, 0) is 19.9 Å². The Morgan fingerprint density at radius 1 is 1.12 bits per heavy atom. The van der Waals surface area contributed by atoms with Crippen LogP contribution in [0.25, 0.3) is 0 Å². The standard InChI is InChI=1S/C24H25N3O5/c1-27(17-22(28)25-21-13-15-31-26-21)14-12-20(16-27)32-23(29)24(30,18-8-4-2-5-9-18)19-10-6-3-7-11-19/h2-11,13,15,20,30H,12,14,16-17H2,1H3/p+1/t20-,27?/m1/s1. The van der Waals surface area contributed by atoms with Gasteiger partial charge in [-0.15, -0.1) is 0 Å². The second-order valence-electron chi connectivity index (χ2n) is 8.38.